The summed E-state index contributed by atoms with van der Waals surface area (Å²) in [4.78, 5) is 5.79. The van der Waals surface area contributed by atoms with Gasteiger partial charge in [-0.05, 0) is 55.4 Å². The maximum absolute atomic E-state index is 5.23. The Labute approximate surface area is 147 Å². The monoisotopic (exact) mass is 444 g/mol. The van der Waals surface area contributed by atoms with E-state index < -0.39 is 0 Å². The highest BCUT2D eigenvalue weighted by atomic mass is 79.9. The predicted molar refractivity (Wildman–Crippen MR) is 97.1 cm³/mol. The molecule has 0 radical (unpaired) electrons. The van der Waals surface area contributed by atoms with E-state index in [4.69, 9.17) is 4.74 Å². The van der Waals surface area contributed by atoms with Gasteiger partial charge in [-0.25, -0.2) is 4.98 Å². The Morgan fingerprint density at radius 2 is 1.95 bits per heavy atom. The van der Waals surface area contributed by atoms with Crippen LogP contribution in [-0.2, 0) is 0 Å². The maximum atomic E-state index is 5.23. The number of nitrogens with one attached hydrogen (secondary N) is 1. The number of benzene rings is 1. The van der Waals surface area contributed by atoms with E-state index in [1.54, 1.807) is 29.8 Å². The second-order valence-electron chi connectivity index (χ2n) is 4.11. The molecule has 1 aromatic carbocycles. The van der Waals surface area contributed by atoms with Gasteiger partial charge in [-0.1, -0.05) is 6.07 Å². The molecule has 3 rings (SSSR count). The van der Waals surface area contributed by atoms with Gasteiger partial charge in [0.1, 0.15) is 5.75 Å². The second kappa shape index (κ2) is 6.48. The molecule has 0 bridgehead atoms. The Kier molecular flexibility index (Phi) is 4.63. The standard InChI is InChI=1S/C14H10Br2N2OS2/c1-19-8-5-9(15)13(10(16)6-8)18-14-17-11(7-21-14)12-3-2-4-20-12/h2-7H,1H3,(H,17,18). The number of thiazole rings is 1. The highest BCUT2D eigenvalue weighted by Crippen LogP contribution is 2.38. The van der Waals surface area contributed by atoms with Crippen LogP contribution in [-0.4, -0.2) is 12.1 Å². The van der Waals surface area contributed by atoms with Crippen molar-refractivity contribution in [2.24, 2.45) is 0 Å². The molecule has 0 aliphatic heterocycles. The van der Waals surface area contributed by atoms with E-state index in [9.17, 15) is 0 Å². The van der Waals surface area contributed by atoms with Gasteiger partial charge in [0.25, 0.3) is 0 Å². The van der Waals surface area contributed by atoms with Crippen LogP contribution < -0.4 is 10.1 Å². The van der Waals surface area contributed by atoms with Crippen molar-refractivity contribution in [1.82, 2.24) is 4.98 Å². The molecule has 3 aromatic rings. The van der Waals surface area contributed by atoms with Crippen molar-refractivity contribution < 1.29 is 4.74 Å². The zero-order chi connectivity index (χ0) is 14.8. The average molecular weight is 446 g/mol. The number of halogens is 2. The zero-order valence-corrected chi connectivity index (χ0v) is 15.7. The molecule has 2 aromatic heterocycles. The lowest BCUT2D eigenvalue weighted by Gasteiger charge is -2.10. The Balaban J connectivity index is 1.87. The van der Waals surface area contributed by atoms with Gasteiger partial charge in [0.2, 0.25) is 0 Å². The van der Waals surface area contributed by atoms with E-state index in [2.05, 4.69) is 59.0 Å². The van der Waals surface area contributed by atoms with E-state index in [0.29, 0.717) is 0 Å². The lowest BCUT2D eigenvalue weighted by atomic mass is 10.3. The van der Waals surface area contributed by atoms with Gasteiger partial charge in [0.05, 0.1) is 23.4 Å². The maximum Gasteiger partial charge on any atom is 0.187 e. The third-order valence-corrected chi connectivity index (χ3v) is 5.66. The van der Waals surface area contributed by atoms with E-state index >= 15 is 0 Å². The smallest absolute Gasteiger partial charge is 0.187 e. The first-order valence-corrected chi connectivity index (χ1v) is 9.31. The van der Waals surface area contributed by atoms with Crippen molar-refractivity contribution >= 4 is 65.4 Å². The summed E-state index contributed by atoms with van der Waals surface area (Å²) in [6.07, 6.45) is 0. The summed E-state index contributed by atoms with van der Waals surface area (Å²) in [6.45, 7) is 0. The van der Waals surface area contributed by atoms with Crippen molar-refractivity contribution in [2.75, 3.05) is 12.4 Å². The van der Waals surface area contributed by atoms with Crippen LogP contribution >= 0.6 is 54.5 Å². The summed E-state index contributed by atoms with van der Waals surface area (Å²) in [7, 11) is 1.65. The quantitative estimate of drug-likeness (QED) is 0.522. The number of methoxy groups -OCH3 is 1. The molecular formula is C14H10Br2N2OS2. The molecule has 1 N–H and O–H groups in total. The van der Waals surface area contributed by atoms with Crippen LogP contribution in [0.3, 0.4) is 0 Å². The van der Waals surface area contributed by atoms with Gasteiger partial charge in [0, 0.05) is 14.3 Å². The second-order valence-corrected chi connectivity index (χ2v) is 7.62. The van der Waals surface area contributed by atoms with E-state index in [1.807, 2.05) is 18.2 Å². The first-order chi connectivity index (χ1) is 10.2. The number of hydrogen-bond donors (Lipinski definition) is 1. The van der Waals surface area contributed by atoms with Gasteiger partial charge >= 0.3 is 0 Å². The minimum absolute atomic E-state index is 0.790. The van der Waals surface area contributed by atoms with Crippen LogP contribution in [0.15, 0.2) is 44.0 Å². The summed E-state index contributed by atoms with van der Waals surface area (Å²) < 4.78 is 7.07. The van der Waals surface area contributed by atoms with Crippen molar-refractivity contribution in [2.45, 2.75) is 0 Å². The molecule has 0 aliphatic carbocycles. The normalized spacial score (nSPS) is 10.6. The van der Waals surface area contributed by atoms with Crippen molar-refractivity contribution in [1.29, 1.82) is 0 Å². The number of anilines is 2. The predicted octanol–water partition coefficient (Wildman–Crippen LogP) is 6.15. The van der Waals surface area contributed by atoms with Crippen LogP contribution in [0.25, 0.3) is 10.6 Å². The molecule has 108 valence electrons. The van der Waals surface area contributed by atoms with Gasteiger partial charge in [0.15, 0.2) is 5.13 Å². The summed E-state index contributed by atoms with van der Waals surface area (Å²) >= 11 is 10.4. The zero-order valence-electron chi connectivity index (χ0n) is 10.9. The summed E-state index contributed by atoms with van der Waals surface area (Å²) in [5, 5.41) is 8.30. The molecule has 0 unspecified atom stereocenters. The number of aromatic nitrogens is 1. The minimum atomic E-state index is 0.790. The summed E-state index contributed by atoms with van der Waals surface area (Å²) in [5.41, 5.74) is 1.93. The molecule has 0 saturated carbocycles. The van der Waals surface area contributed by atoms with Crippen LogP contribution in [0.1, 0.15) is 0 Å². The van der Waals surface area contributed by atoms with Gasteiger partial charge in [-0.15, -0.1) is 22.7 Å². The molecule has 0 aliphatic rings. The van der Waals surface area contributed by atoms with E-state index in [1.165, 1.54) is 4.88 Å². The lowest BCUT2D eigenvalue weighted by molar-refractivity contribution is 0.414. The SMILES string of the molecule is COc1cc(Br)c(Nc2nc(-c3cccs3)cs2)c(Br)c1. The number of rotatable bonds is 4. The number of thiophene rings is 1. The first kappa shape index (κ1) is 15.0. The molecule has 0 atom stereocenters. The number of ether oxygens (including phenoxy) is 1. The Hall–Kier alpha value is -0.890. The molecule has 2 heterocycles. The Morgan fingerprint density at radius 1 is 1.19 bits per heavy atom. The Morgan fingerprint density at radius 3 is 2.57 bits per heavy atom. The van der Waals surface area contributed by atoms with Crippen LogP contribution in [0.2, 0.25) is 0 Å². The molecule has 0 amide bonds. The lowest BCUT2D eigenvalue weighted by Crippen LogP contribution is -1.93. The minimum Gasteiger partial charge on any atom is -0.497 e. The average Bonchev–Trinajstić information content (AvgIpc) is 3.13. The van der Waals surface area contributed by atoms with E-state index in [-0.39, 0.29) is 0 Å². The number of nitrogens with zero attached hydrogens (tertiary/aromatic N) is 1. The fraction of sp³-hybridized carbons (Fsp3) is 0.0714. The first-order valence-electron chi connectivity index (χ1n) is 5.97. The Bertz CT molecular complexity index is 733. The highest BCUT2D eigenvalue weighted by molar-refractivity contribution is 9.11. The van der Waals surface area contributed by atoms with Gasteiger partial charge in [-0.2, -0.15) is 0 Å². The molecule has 3 nitrogen and oxygen atoms in total. The largest absolute Gasteiger partial charge is 0.497 e. The summed E-state index contributed by atoms with van der Waals surface area (Å²) in [5.74, 6) is 0.790. The van der Waals surface area contributed by atoms with Crippen LogP contribution in [0, 0.1) is 0 Å². The van der Waals surface area contributed by atoms with Crippen LogP contribution in [0.4, 0.5) is 10.8 Å². The third-order valence-electron chi connectivity index (χ3n) is 2.76. The fourth-order valence-corrected chi connectivity index (χ4v) is 4.58. The molecule has 21 heavy (non-hydrogen) atoms. The third kappa shape index (κ3) is 3.31. The molecule has 7 heteroatoms. The molecular weight excluding hydrogens is 436 g/mol. The van der Waals surface area contributed by atoms with E-state index in [0.717, 1.165) is 31.2 Å². The molecule has 0 spiro atoms. The van der Waals surface area contributed by atoms with Crippen molar-refractivity contribution in [3.05, 3.63) is 44.0 Å². The highest BCUT2D eigenvalue weighted by Gasteiger charge is 2.11. The number of hydrogen-bond acceptors (Lipinski definition) is 5. The van der Waals surface area contributed by atoms with Crippen molar-refractivity contribution in [3.63, 3.8) is 0 Å². The van der Waals surface area contributed by atoms with Gasteiger partial charge < -0.3 is 10.1 Å². The summed E-state index contributed by atoms with van der Waals surface area (Å²) in [6, 6.07) is 7.94. The van der Waals surface area contributed by atoms with Crippen molar-refractivity contribution in [3.8, 4) is 16.3 Å². The topological polar surface area (TPSA) is 34.1 Å². The molecule has 0 saturated heterocycles. The van der Waals surface area contributed by atoms with Gasteiger partial charge in [-0.3, -0.25) is 0 Å². The molecule has 0 fully saturated rings. The van der Waals surface area contributed by atoms with Crippen LogP contribution in [0.5, 0.6) is 5.75 Å². The fourth-order valence-electron chi connectivity index (χ4n) is 1.76.